The van der Waals surface area contributed by atoms with E-state index in [1.807, 2.05) is 24.3 Å². The molecule has 0 fully saturated rings. The maximum Gasteiger partial charge on any atom is 0.305 e. The number of carboxylic acid groups (broad SMARTS) is 1. The van der Waals surface area contributed by atoms with Crippen LogP contribution in [0.5, 0.6) is 0 Å². The third-order valence-corrected chi connectivity index (χ3v) is 3.51. The molecule has 0 radical (unpaired) electrons. The minimum Gasteiger partial charge on any atom is -0.481 e. The van der Waals surface area contributed by atoms with Crippen LogP contribution in [0.1, 0.15) is 29.5 Å². The van der Waals surface area contributed by atoms with Crippen LogP contribution in [0.15, 0.2) is 28.7 Å². The third-order valence-electron chi connectivity index (χ3n) is 3.02. The van der Waals surface area contributed by atoms with Crippen LogP contribution in [0.3, 0.4) is 0 Å². The third kappa shape index (κ3) is 3.70. The van der Waals surface area contributed by atoms with Gasteiger partial charge >= 0.3 is 5.97 Å². The highest BCUT2D eigenvalue weighted by Crippen LogP contribution is 2.17. The highest BCUT2D eigenvalue weighted by molar-refractivity contribution is 9.10. The number of rotatable bonds is 5. The van der Waals surface area contributed by atoms with E-state index in [0.717, 1.165) is 10.2 Å². The van der Waals surface area contributed by atoms with Crippen molar-refractivity contribution in [3.63, 3.8) is 0 Å². The zero-order valence-electron chi connectivity index (χ0n) is 12.1. The number of carbonyl (C=O) groups is 2. The Balaban J connectivity index is 2.20. The number of aliphatic carboxylic acids is 1. The van der Waals surface area contributed by atoms with E-state index in [0.29, 0.717) is 5.69 Å². The number of nitrogens with one attached hydrogen (secondary N) is 1. The Kier molecular flexibility index (Phi) is 4.92. The van der Waals surface area contributed by atoms with Gasteiger partial charge in [-0.1, -0.05) is 27.2 Å². The summed E-state index contributed by atoms with van der Waals surface area (Å²) in [6, 6.07) is 6.96. The summed E-state index contributed by atoms with van der Waals surface area (Å²) >= 11 is 3.38. The fourth-order valence-electron chi connectivity index (χ4n) is 2.00. The van der Waals surface area contributed by atoms with Gasteiger partial charge in [-0.25, -0.2) is 4.68 Å². The van der Waals surface area contributed by atoms with E-state index in [2.05, 4.69) is 31.6 Å². The summed E-state index contributed by atoms with van der Waals surface area (Å²) in [6.07, 6.45) is -0.148. The first-order chi connectivity index (χ1) is 10.4. The Morgan fingerprint density at radius 2 is 2.18 bits per heavy atom. The lowest BCUT2D eigenvalue weighted by Gasteiger charge is -2.10. The van der Waals surface area contributed by atoms with Gasteiger partial charge in [0, 0.05) is 10.5 Å². The van der Waals surface area contributed by atoms with E-state index in [-0.39, 0.29) is 12.1 Å². The largest absolute Gasteiger partial charge is 0.481 e. The minimum absolute atomic E-state index is 0.148. The number of hydrogen-bond acceptors (Lipinski definition) is 4. The smallest absolute Gasteiger partial charge is 0.305 e. The van der Waals surface area contributed by atoms with Gasteiger partial charge < -0.3 is 10.4 Å². The number of hydrogen-bond donors (Lipinski definition) is 2. The monoisotopic (exact) mass is 366 g/mol. The van der Waals surface area contributed by atoms with Crippen molar-refractivity contribution in [2.24, 2.45) is 0 Å². The van der Waals surface area contributed by atoms with Crippen LogP contribution < -0.4 is 5.32 Å². The molecule has 2 N–H and O–H groups in total. The second-order valence-corrected chi connectivity index (χ2v) is 5.80. The first-order valence-corrected chi connectivity index (χ1v) is 7.38. The lowest BCUT2D eigenvalue weighted by atomic mass is 10.2. The van der Waals surface area contributed by atoms with Crippen LogP contribution in [0, 0.1) is 6.92 Å². The van der Waals surface area contributed by atoms with Gasteiger partial charge in [0.15, 0.2) is 5.69 Å². The molecule has 1 aromatic heterocycles. The zero-order chi connectivity index (χ0) is 16.3. The van der Waals surface area contributed by atoms with Crippen molar-refractivity contribution in [2.75, 3.05) is 0 Å². The van der Waals surface area contributed by atoms with Crippen molar-refractivity contribution in [3.05, 3.63) is 40.1 Å². The summed E-state index contributed by atoms with van der Waals surface area (Å²) in [4.78, 5) is 22.8. The molecule has 2 aromatic rings. The van der Waals surface area contributed by atoms with Crippen LogP contribution in [0.4, 0.5) is 0 Å². The molecule has 1 heterocycles. The highest BCUT2D eigenvalue weighted by Gasteiger charge is 2.19. The number of nitrogens with zero attached hydrogens (tertiary/aromatic N) is 3. The summed E-state index contributed by atoms with van der Waals surface area (Å²) in [5.41, 5.74) is 1.53. The molecule has 0 saturated heterocycles. The lowest BCUT2D eigenvalue weighted by molar-refractivity contribution is -0.137. The van der Waals surface area contributed by atoms with Gasteiger partial charge in [0.2, 0.25) is 0 Å². The van der Waals surface area contributed by atoms with E-state index >= 15 is 0 Å². The zero-order valence-corrected chi connectivity index (χ0v) is 13.7. The molecule has 116 valence electrons. The van der Waals surface area contributed by atoms with E-state index in [1.54, 1.807) is 18.5 Å². The fourth-order valence-corrected chi connectivity index (χ4v) is 2.38. The van der Waals surface area contributed by atoms with E-state index in [1.165, 1.54) is 0 Å². The molecule has 0 bridgehead atoms. The standard InChI is InChI=1S/C14H15BrN4O3/c1-8(6-12(20)21)16-14(22)13-9(2)19(18-17-13)11-5-3-4-10(15)7-11/h3-5,7-8H,6H2,1-2H3,(H,16,22)(H,20,21). The molecule has 0 spiro atoms. The van der Waals surface area contributed by atoms with E-state index in [4.69, 9.17) is 5.11 Å². The quantitative estimate of drug-likeness (QED) is 0.842. The summed E-state index contributed by atoms with van der Waals surface area (Å²) in [5, 5.41) is 19.2. The molecule has 2 rings (SSSR count). The average molecular weight is 367 g/mol. The molecule has 1 aromatic carbocycles. The number of amides is 1. The molecule has 22 heavy (non-hydrogen) atoms. The molecule has 0 saturated carbocycles. The van der Waals surface area contributed by atoms with Crippen molar-refractivity contribution in [1.82, 2.24) is 20.3 Å². The van der Waals surface area contributed by atoms with Crippen LogP contribution in [0.2, 0.25) is 0 Å². The van der Waals surface area contributed by atoms with E-state index < -0.39 is 17.9 Å². The number of halogens is 1. The Bertz CT molecular complexity index is 714. The number of benzene rings is 1. The molecule has 8 heteroatoms. The Labute approximate surface area is 135 Å². The van der Waals surface area contributed by atoms with Gasteiger partial charge in [-0.3, -0.25) is 9.59 Å². The summed E-state index contributed by atoms with van der Waals surface area (Å²) < 4.78 is 2.45. The SMILES string of the molecule is Cc1c(C(=O)NC(C)CC(=O)O)nnn1-c1cccc(Br)c1. The summed E-state index contributed by atoms with van der Waals surface area (Å²) in [7, 11) is 0. The number of carbonyl (C=O) groups excluding carboxylic acids is 1. The van der Waals surface area contributed by atoms with Crippen molar-refractivity contribution in [1.29, 1.82) is 0 Å². The molecule has 0 aliphatic rings. The van der Waals surface area contributed by atoms with Crippen molar-refractivity contribution in [2.45, 2.75) is 26.3 Å². The molecule has 1 amide bonds. The molecule has 7 nitrogen and oxygen atoms in total. The predicted molar refractivity (Wildman–Crippen MR) is 83.0 cm³/mol. The fraction of sp³-hybridized carbons (Fsp3) is 0.286. The summed E-state index contributed by atoms with van der Waals surface area (Å²) in [6.45, 7) is 3.36. The van der Waals surface area contributed by atoms with Gasteiger partial charge in [0.1, 0.15) is 0 Å². The van der Waals surface area contributed by atoms with Crippen LogP contribution >= 0.6 is 15.9 Å². The van der Waals surface area contributed by atoms with Crippen LogP contribution in [-0.4, -0.2) is 38.0 Å². The lowest BCUT2D eigenvalue weighted by Crippen LogP contribution is -2.34. The van der Waals surface area contributed by atoms with Crippen molar-refractivity contribution >= 4 is 27.8 Å². The first-order valence-electron chi connectivity index (χ1n) is 6.59. The second kappa shape index (κ2) is 6.69. The van der Waals surface area contributed by atoms with Gasteiger partial charge in [-0.05, 0) is 32.0 Å². The Hall–Kier alpha value is -2.22. The van der Waals surface area contributed by atoms with E-state index in [9.17, 15) is 9.59 Å². The Morgan fingerprint density at radius 1 is 1.45 bits per heavy atom. The van der Waals surface area contributed by atoms with Gasteiger partial charge in [0.25, 0.3) is 5.91 Å². The maximum atomic E-state index is 12.1. The molecular formula is C14H15BrN4O3. The van der Waals surface area contributed by atoms with Crippen LogP contribution in [-0.2, 0) is 4.79 Å². The number of carboxylic acids is 1. The molecular weight excluding hydrogens is 352 g/mol. The topological polar surface area (TPSA) is 97.1 Å². The second-order valence-electron chi connectivity index (χ2n) is 4.89. The van der Waals surface area contributed by atoms with Gasteiger partial charge in [-0.15, -0.1) is 5.10 Å². The van der Waals surface area contributed by atoms with Crippen molar-refractivity contribution < 1.29 is 14.7 Å². The average Bonchev–Trinajstić information content (AvgIpc) is 2.79. The number of aromatic nitrogens is 3. The van der Waals surface area contributed by atoms with Crippen molar-refractivity contribution in [3.8, 4) is 5.69 Å². The normalized spacial score (nSPS) is 12.0. The molecule has 0 aliphatic heterocycles. The highest BCUT2D eigenvalue weighted by atomic mass is 79.9. The molecule has 1 atom stereocenters. The predicted octanol–water partition coefficient (Wildman–Crippen LogP) is 1.93. The summed E-state index contributed by atoms with van der Waals surface area (Å²) in [5.74, 6) is -1.41. The first kappa shape index (κ1) is 16.2. The molecule has 0 aliphatic carbocycles. The maximum absolute atomic E-state index is 12.1. The molecule has 1 unspecified atom stereocenters. The minimum atomic E-state index is -0.970. The van der Waals surface area contributed by atoms with Crippen LogP contribution in [0.25, 0.3) is 5.69 Å². The van der Waals surface area contributed by atoms with Gasteiger partial charge in [0.05, 0.1) is 17.8 Å². The Morgan fingerprint density at radius 3 is 2.82 bits per heavy atom. The van der Waals surface area contributed by atoms with Gasteiger partial charge in [-0.2, -0.15) is 0 Å².